The zero-order valence-electron chi connectivity index (χ0n) is 33.9. The molecule has 9 aromatic carbocycles. The molecular weight excluding hydrogens is 771 g/mol. The minimum atomic E-state index is 0.523. The first-order valence-corrected chi connectivity index (χ1v) is 21.2. The monoisotopic (exact) mass is 805 g/mol. The molecule has 13 aromatic rings. The molecule has 13 rings (SSSR count). The molecule has 0 bridgehead atoms. The molecule has 6 nitrogen and oxygen atoms in total. The number of aromatic nitrogens is 5. The maximum Gasteiger partial charge on any atom is 0.238 e. The van der Waals surface area contributed by atoms with E-state index in [-0.39, 0.29) is 0 Å². The number of rotatable bonds is 6. The maximum atomic E-state index is 6.48. The molecule has 4 aromatic heterocycles. The number of furan rings is 1. The van der Waals surface area contributed by atoms with Gasteiger partial charge in [0.25, 0.3) is 0 Å². The molecule has 0 aliphatic carbocycles. The van der Waals surface area contributed by atoms with Crippen LogP contribution >= 0.6 is 0 Å². The van der Waals surface area contributed by atoms with Crippen molar-refractivity contribution in [3.8, 4) is 56.7 Å². The van der Waals surface area contributed by atoms with E-state index < -0.39 is 0 Å². The van der Waals surface area contributed by atoms with Crippen molar-refractivity contribution < 1.29 is 4.42 Å². The van der Waals surface area contributed by atoms with Gasteiger partial charge >= 0.3 is 0 Å². The molecule has 0 saturated heterocycles. The summed E-state index contributed by atoms with van der Waals surface area (Å²) in [5.74, 6) is 1.67. The summed E-state index contributed by atoms with van der Waals surface area (Å²) in [5.41, 5.74) is 13.1. The van der Waals surface area contributed by atoms with Crippen LogP contribution in [0.3, 0.4) is 0 Å². The van der Waals surface area contributed by atoms with Crippen molar-refractivity contribution in [1.29, 1.82) is 0 Å². The molecule has 0 saturated carbocycles. The van der Waals surface area contributed by atoms with Gasteiger partial charge in [0.15, 0.2) is 11.6 Å². The van der Waals surface area contributed by atoms with Crippen molar-refractivity contribution in [3.63, 3.8) is 0 Å². The molecule has 294 valence electrons. The Balaban J connectivity index is 1.12. The lowest BCUT2D eigenvalue weighted by Crippen LogP contribution is -2.07. The zero-order valence-corrected chi connectivity index (χ0v) is 33.9. The number of nitrogens with zero attached hydrogens (tertiary/aromatic N) is 5. The Kier molecular flexibility index (Phi) is 7.80. The summed E-state index contributed by atoms with van der Waals surface area (Å²) in [5, 5.41) is 6.67. The second-order valence-electron chi connectivity index (χ2n) is 16.0. The fraction of sp³-hybridized carbons (Fsp3) is 0. The second kappa shape index (κ2) is 14.0. The van der Waals surface area contributed by atoms with Crippen LogP contribution in [0.1, 0.15) is 0 Å². The van der Waals surface area contributed by atoms with Crippen LogP contribution in [0.5, 0.6) is 0 Å². The third kappa shape index (κ3) is 5.55. The predicted molar refractivity (Wildman–Crippen MR) is 258 cm³/mol. The quantitative estimate of drug-likeness (QED) is 0.168. The SMILES string of the molecule is c1ccc(-c2cccc(-c3nc(-c4ccc(-c5ccccc5)c(-n5c6ccccc6c6ccccc65)c4)nc(-n4c5ccccc5c5ccc6oc7ccccc7c6c54)n3)c2)cc1. The van der Waals surface area contributed by atoms with E-state index in [1.165, 1.54) is 10.8 Å². The minimum Gasteiger partial charge on any atom is -0.456 e. The highest BCUT2D eigenvalue weighted by Crippen LogP contribution is 2.42. The standard InChI is InChI=1S/C57H35N5O/c1-3-16-36(17-4-1)38-20-15-21-39(34-38)55-58-56(60-57(59-55)62-49-28-13-9-24-44(49)45-32-33-52-53(54(45)62)46-25-10-14-29-51(46)63-52)40-30-31-41(37-18-5-2-6-19-37)50(35-40)61-47-26-11-7-22-42(47)43-23-8-12-27-48(43)61/h1-35H. The van der Waals surface area contributed by atoms with Gasteiger partial charge in [-0.1, -0.05) is 164 Å². The molecule has 0 aliphatic heterocycles. The number of benzene rings is 9. The van der Waals surface area contributed by atoms with Gasteiger partial charge < -0.3 is 8.98 Å². The Morgan fingerprint density at radius 2 is 0.873 bits per heavy atom. The Labute approximate surface area is 361 Å². The largest absolute Gasteiger partial charge is 0.456 e. The van der Waals surface area contributed by atoms with Gasteiger partial charge in [-0.05, 0) is 65.2 Å². The highest BCUT2D eigenvalue weighted by molar-refractivity contribution is 6.24. The smallest absolute Gasteiger partial charge is 0.238 e. The average molecular weight is 806 g/mol. The van der Waals surface area contributed by atoms with Crippen molar-refractivity contribution in [2.45, 2.75) is 0 Å². The second-order valence-corrected chi connectivity index (χ2v) is 16.0. The van der Waals surface area contributed by atoms with Crippen molar-refractivity contribution in [1.82, 2.24) is 24.1 Å². The molecule has 0 radical (unpaired) electrons. The van der Waals surface area contributed by atoms with E-state index >= 15 is 0 Å². The molecule has 0 N–H and O–H groups in total. The Morgan fingerprint density at radius 1 is 0.333 bits per heavy atom. The summed E-state index contributed by atoms with van der Waals surface area (Å²) in [6.45, 7) is 0. The Hall–Kier alpha value is -8.61. The number of hydrogen-bond donors (Lipinski definition) is 0. The van der Waals surface area contributed by atoms with E-state index in [9.17, 15) is 0 Å². The predicted octanol–water partition coefficient (Wildman–Crippen LogP) is 14.6. The van der Waals surface area contributed by atoms with Gasteiger partial charge in [-0.15, -0.1) is 0 Å². The maximum absolute atomic E-state index is 6.48. The molecule has 0 aliphatic rings. The van der Waals surface area contributed by atoms with Crippen molar-refractivity contribution in [2.75, 3.05) is 0 Å². The topological polar surface area (TPSA) is 61.7 Å². The first kappa shape index (κ1) is 35.2. The summed E-state index contributed by atoms with van der Waals surface area (Å²) < 4.78 is 11.1. The van der Waals surface area contributed by atoms with E-state index in [4.69, 9.17) is 19.4 Å². The highest BCUT2D eigenvalue weighted by Gasteiger charge is 2.23. The summed E-state index contributed by atoms with van der Waals surface area (Å²) in [6.07, 6.45) is 0. The summed E-state index contributed by atoms with van der Waals surface area (Å²) >= 11 is 0. The first-order chi connectivity index (χ1) is 31.2. The van der Waals surface area contributed by atoms with Crippen molar-refractivity contribution >= 4 is 65.6 Å². The molecule has 0 atom stereocenters. The van der Waals surface area contributed by atoms with E-state index in [1.54, 1.807) is 0 Å². The molecule has 6 heteroatoms. The van der Waals surface area contributed by atoms with E-state index in [1.807, 2.05) is 18.2 Å². The molecular formula is C57H35N5O. The number of hydrogen-bond acceptors (Lipinski definition) is 4. The van der Waals surface area contributed by atoms with E-state index in [0.29, 0.717) is 17.6 Å². The van der Waals surface area contributed by atoms with Crippen molar-refractivity contribution in [3.05, 3.63) is 212 Å². The first-order valence-electron chi connectivity index (χ1n) is 21.2. The third-order valence-electron chi connectivity index (χ3n) is 12.4. The molecule has 63 heavy (non-hydrogen) atoms. The van der Waals surface area contributed by atoms with Gasteiger partial charge in [-0.2, -0.15) is 9.97 Å². The van der Waals surface area contributed by atoms with Crippen LogP contribution in [0, 0.1) is 0 Å². The van der Waals surface area contributed by atoms with Crippen LogP contribution < -0.4 is 0 Å². The summed E-state index contributed by atoms with van der Waals surface area (Å²) in [7, 11) is 0. The van der Waals surface area contributed by atoms with Gasteiger partial charge in [0, 0.05) is 43.6 Å². The number of fused-ring (bicyclic) bond motifs is 10. The molecule has 0 spiro atoms. The Morgan fingerprint density at radius 3 is 1.57 bits per heavy atom. The normalized spacial score (nSPS) is 11.8. The highest BCUT2D eigenvalue weighted by atomic mass is 16.3. The molecule has 0 unspecified atom stereocenters. The number of para-hydroxylation sites is 4. The van der Waals surface area contributed by atoms with Gasteiger partial charge in [0.1, 0.15) is 11.2 Å². The van der Waals surface area contributed by atoms with Crippen LogP contribution in [0.4, 0.5) is 0 Å². The lowest BCUT2D eigenvalue weighted by molar-refractivity contribution is 0.669. The van der Waals surface area contributed by atoms with E-state index in [2.05, 4.69) is 203 Å². The zero-order chi connectivity index (χ0) is 41.4. The van der Waals surface area contributed by atoms with Crippen LogP contribution in [0.15, 0.2) is 217 Å². The molecule has 4 heterocycles. The van der Waals surface area contributed by atoms with Crippen LogP contribution in [-0.4, -0.2) is 24.1 Å². The third-order valence-corrected chi connectivity index (χ3v) is 12.4. The Bertz CT molecular complexity index is 3860. The minimum absolute atomic E-state index is 0.523. The lowest BCUT2D eigenvalue weighted by atomic mass is 10.0. The van der Waals surface area contributed by atoms with Crippen molar-refractivity contribution in [2.24, 2.45) is 0 Å². The fourth-order valence-corrected chi connectivity index (χ4v) is 9.56. The molecule has 0 amide bonds. The average Bonchev–Trinajstić information content (AvgIpc) is 4.02. The van der Waals surface area contributed by atoms with Crippen LogP contribution in [0.25, 0.3) is 122 Å². The van der Waals surface area contributed by atoms with Gasteiger partial charge in [-0.25, -0.2) is 4.98 Å². The fourth-order valence-electron chi connectivity index (χ4n) is 9.56. The lowest BCUT2D eigenvalue weighted by Gasteiger charge is -2.16. The van der Waals surface area contributed by atoms with Crippen LogP contribution in [-0.2, 0) is 0 Å². The molecule has 0 fully saturated rings. The van der Waals surface area contributed by atoms with Gasteiger partial charge in [0.2, 0.25) is 5.95 Å². The van der Waals surface area contributed by atoms with E-state index in [0.717, 1.165) is 93.8 Å². The van der Waals surface area contributed by atoms with Gasteiger partial charge in [-0.3, -0.25) is 4.57 Å². The van der Waals surface area contributed by atoms with Gasteiger partial charge in [0.05, 0.1) is 33.1 Å². The summed E-state index contributed by atoms with van der Waals surface area (Å²) in [4.78, 5) is 16.2. The van der Waals surface area contributed by atoms with Crippen LogP contribution in [0.2, 0.25) is 0 Å². The summed E-state index contributed by atoms with van der Waals surface area (Å²) in [6, 6.07) is 74.4.